The number of hydrogen-bond donors (Lipinski definition) is 1. The van der Waals surface area contributed by atoms with Gasteiger partial charge in [0.1, 0.15) is 6.20 Å². The topological polar surface area (TPSA) is 41.6 Å². The van der Waals surface area contributed by atoms with Crippen molar-refractivity contribution >= 4 is 10.9 Å². The molecule has 2 rings (SSSR count). The summed E-state index contributed by atoms with van der Waals surface area (Å²) >= 11 is 0. The number of aromatic amines is 1. The van der Waals surface area contributed by atoms with Crippen molar-refractivity contribution in [1.82, 2.24) is 15.2 Å². The maximum atomic E-state index is 3.81. The van der Waals surface area contributed by atoms with E-state index in [1.807, 2.05) is 6.07 Å². The van der Waals surface area contributed by atoms with Crippen LogP contribution in [-0.2, 0) is 0 Å². The van der Waals surface area contributed by atoms with Crippen LogP contribution in [0.15, 0.2) is 18.5 Å². The zero-order valence-electron chi connectivity index (χ0n) is 4.63. The molecule has 0 bridgehead atoms. The van der Waals surface area contributed by atoms with Crippen LogP contribution in [0.5, 0.6) is 0 Å². The average Bonchev–Trinajstić information content (AvgIpc) is 2.33. The highest BCUT2D eigenvalue weighted by Crippen LogP contribution is 2.04. The molecule has 0 spiro atoms. The van der Waals surface area contributed by atoms with Gasteiger partial charge in [-0.3, -0.25) is 10.1 Å². The van der Waals surface area contributed by atoms with Gasteiger partial charge in [0.25, 0.3) is 0 Å². The van der Waals surface area contributed by atoms with E-state index in [1.54, 1.807) is 12.4 Å². The molecule has 1 N–H and O–H groups in total. The third-order valence-corrected chi connectivity index (χ3v) is 1.17. The molecule has 0 atom stereocenters. The zero-order valence-corrected chi connectivity index (χ0v) is 4.63. The SMILES string of the molecule is [c]1nccc2[nH]ncc12. The molecule has 0 fully saturated rings. The Morgan fingerprint density at radius 3 is 3.44 bits per heavy atom. The second-order valence-corrected chi connectivity index (χ2v) is 1.75. The highest BCUT2D eigenvalue weighted by Gasteiger charge is 1.90. The largest absolute Gasteiger partial charge is 0.278 e. The predicted octanol–water partition coefficient (Wildman–Crippen LogP) is 0.758. The van der Waals surface area contributed by atoms with Crippen LogP contribution < -0.4 is 0 Å². The van der Waals surface area contributed by atoms with Gasteiger partial charge < -0.3 is 0 Å². The number of fused-ring (bicyclic) bond motifs is 1. The number of rotatable bonds is 0. The second kappa shape index (κ2) is 1.55. The maximum absolute atomic E-state index is 3.81. The Morgan fingerprint density at radius 2 is 2.56 bits per heavy atom. The van der Waals surface area contributed by atoms with Crippen LogP contribution >= 0.6 is 0 Å². The molecule has 2 aromatic heterocycles. The van der Waals surface area contributed by atoms with Crippen LogP contribution in [0.25, 0.3) is 10.9 Å². The molecule has 3 nitrogen and oxygen atoms in total. The first-order valence-corrected chi connectivity index (χ1v) is 2.62. The fourth-order valence-corrected chi connectivity index (χ4v) is 0.731. The molecule has 0 aliphatic carbocycles. The molecule has 0 aliphatic rings. The lowest BCUT2D eigenvalue weighted by molar-refractivity contribution is 1.12. The van der Waals surface area contributed by atoms with E-state index in [-0.39, 0.29) is 0 Å². The smallest absolute Gasteiger partial charge is 0.100 e. The van der Waals surface area contributed by atoms with Crippen molar-refractivity contribution in [2.24, 2.45) is 0 Å². The third kappa shape index (κ3) is 0.579. The molecule has 1 radical (unpaired) electrons. The van der Waals surface area contributed by atoms with Crippen molar-refractivity contribution in [1.29, 1.82) is 0 Å². The summed E-state index contributed by atoms with van der Waals surface area (Å²) in [7, 11) is 0. The van der Waals surface area contributed by atoms with Crippen LogP contribution in [0, 0.1) is 6.20 Å². The molecule has 2 aromatic rings. The lowest BCUT2D eigenvalue weighted by Crippen LogP contribution is -1.69. The maximum Gasteiger partial charge on any atom is 0.100 e. The normalized spacial score (nSPS) is 10.2. The first kappa shape index (κ1) is 4.49. The van der Waals surface area contributed by atoms with Gasteiger partial charge in [-0.05, 0) is 6.07 Å². The summed E-state index contributed by atoms with van der Waals surface area (Å²) in [6.45, 7) is 0. The molecule has 0 aliphatic heterocycles. The van der Waals surface area contributed by atoms with Crippen molar-refractivity contribution in [3.05, 3.63) is 24.7 Å². The minimum atomic E-state index is 0.928. The van der Waals surface area contributed by atoms with E-state index in [0.29, 0.717) is 0 Å². The molecule has 0 saturated heterocycles. The molecule has 0 aromatic carbocycles. The quantitative estimate of drug-likeness (QED) is 0.554. The Bertz CT molecular complexity index is 282. The summed E-state index contributed by atoms with van der Waals surface area (Å²) in [4.78, 5) is 3.80. The van der Waals surface area contributed by atoms with Gasteiger partial charge in [0, 0.05) is 11.6 Å². The van der Waals surface area contributed by atoms with Crippen molar-refractivity contribution in [2.75, 3.05) is 0 Å². The molecule has 3 heteroatoms. The molecular weight excluding hydrogens is 114 g/mol. The average molecular weight is 118 g/mol. The fourth-order valence-electron chi connectivity index (χ4n) is 0.731. The predicted molar refractivity (Wildman–Crippen MR) is 32.7 cm³/mol. The number of H-pyrrole nitrogens is 1. The lowest BCUT2D eigenvalue weighted by atomic mass is 10.3. The fraction of sp³-hybridized carbons (Fsp3) is 0. The van der Waals surface area contributed by atoms with E-state index in [4.69, 9.17) is 0 Å². The summed E-state index contributed by atoms with van der Waals surface area (Å²) in [5, 5.41) is 7.53. The Balaban J connectivity index is 2.95. The Labute approximate surface area is 51.7 Å². The van der Waals surface area contributed by atoms with Crippen molar-refractivity contribution in [3.63, 3.8) is 0 Å². The lowest BCUT2D eigenvalue weighted by Gasteiger charge is -1.79. The molecule has 0 amide bonds. The molecule has 0 saturated carbocycles. The Kier molecular flexibility index (Phi) is 0.773. The monoisotopic (exact) mass is 118 g/mol. The Hall–Kier alpha value is -1.38. The van der Waals surface area contributed by atoms with E-state index in [9.17, 15) is 0 Å². The minimum Gasteiger partial charge on any atom is -0.278 e. The van der Waals surface area contributed by atoms with E-state index in [2.05, 4.69) is 21.4 Å². The van der Waals surface area contributed by atoms with Gasteiger partial charge in [-0.15, -0.1) is 0 Å². The van der Waals surface area contributed by atoms with Gasteiger partial charge in [0.05, 0.1) is 11.7 Å². The first-order valence-electron chi connectivity index (χ1n) is 2.62. The summed E-state index contributed by atoms with van der Waals surface area (Å²) < 4.78 is 0. The van der Waals surface area contributed by atoms with Gasteiger partial charge in [-0.1, -0.05) is 0 Å². The van der Waals surface area contributed by atoms with Gasteiger partial charge in [0.15, 0.2) is 0 Å². The molecule has 9 heavy (non-hydrogen) atoms. The van der Waals surface area contributed by atoms with E-state index < -0.39 is 0 Å². The van der Waals surface area contributed by atoms with Crippen LogP contribution in [-0.4, -0.2) is 15.2 Å². The first-order chi connectivity index (χ1) is 4.47. The highest BCUT2D eigenvalue weighted by molar-refractivity contribution is 5.75. The number of aromatic nitrogens is 3. The van der Waals surface area contributed by atoms with Crippen LogP contribution in [0.4, 0.5) is 0 Å². The molecule has 2 heterocycles. The second-order valence-electron chi connectivity index (χ2n) is 1.75. The van der Waals surface area contributed by atoms with Gasteiger partial charge in [-0.25, -0.2) is 0 Å². The molecule has 43 valence electrons. The zero-order chi connectivity index (χ0) is 6.10. The number of hydrogen-bond acceptors (Lipinski definition) is 2. The minimum absolute atomic E-state index is 0.928. The van der Waals surface area contributed by atoms with Gasteiger partial charge in [0.2, 0.25) is 0 Å². The van der Waals surface area contributed by atoms with Crippen molar-refractivity contribution in [3.8, 4) is 0 Å². The number of nitrogens with zero attached hydrogens (tertiary/aromatic N) is 2. The van der Waals surface area contributed by atoms with Gasteiger partial charge in [-0.2, -0.15) is 5.10 Å². The van der Waals surface area contributed by atoms with E-state index in [0.717, 1.165) is 10.9 Å². The van der Waals surface area contributed by atoms with Crippen LogP contribution in [0.2, 0.25) is 0 Å². The van der Waals surface area contributed by atoms with E-state index in [1.165, 1.54) is 0 Å². The summed E-state index contributed by atoms with van der Waals surface area (Å²) in [5.74, 6) is 0. The number of pyridine rings is 1. The highest BCUT2D eigenvalue weighted by atomic mass is 15.1. The molecule has 0 unspecified atom stereocenters. The van der Waals surface area contributed by atoms with Gasteiger partial charge >= 0.3 is 0 Å². The third-order valence-electron chi connectivity index (χ3n) is 1.17. The molecular formula is C6H4N3. The Morgan fingerprint density at radius 1 is 1.56 bits per heavy atom. The van der Waals surface area contributed by atoms with Crippen LogP contribution in [0.3, 0.4) is 0 Å². The summed E-state index contributed by atoms with van der Waals surface area (Å²) in [5.41, 5.74) is 0.977. The van der Waals surface area contributed by atoms with Crippen LogP contribution in [0.1, 0.15) is 0 Å². The summed E-state index contributed by atoms with van der Waals surface area (Å²) in [6.07, 6.45) is 6.16. The van der Waals surface area contributed by atoms with E-state index >= 15 is 0 Å². The van der Waals surface area contributed by atoms with Crippen molar-refractivity contribution in [2.45, 2.75) is 0 Å². The standard InChI is InChI=1S/C6H4N3/c1-2-7-3-5-4-8-9-6(1)5/h1-2,4H,(H,8,9). The van der Waals surface area contributed by atoms with Crippen molar-refractivity contribution < 1.29 is 0 Å². The summed E-state index contributed by atoms with van der Waals surface area (Å²) in [6, 6.07) is 1.86. The number of nitrogens with one attached hydrogen (secondary N) is 1.